The molecule has 2 rings (SSSR count). The van der Waals surface area contributed by atoms with Crippen molar-refractivity contribution < 1.29 is 14.0 Å². The van der Waals surface area contributed by atoms with E-state index in [1.807, 2.05) is 18.2 Å². The molecule has 1 heterocycles. The Morgan fingerprint density at radius 2 is 2.15 bits per heavy atom. The van der Waals surface area contributed by atoms with Crippen molar-refractivity contribution in [2.45, 2.75) is 26.5 Å². The normalized spacial score (nSPS) is 10.5. The van der Waals surface area contributed by atoms with E-state index >= 15 is 0 Å². The van der Waals surface area contributed by atoms with Gasteiger partial charge in [0.1, 0.15) is 6.61 Å². The Morgan fingerprint density at radius 1 is 1.25 bits per heavy atom. The van der Waals surface area contributed by atoms with E-state index in [0.717, 1.165) is 25.1 Å². The lowest BCUT2D eigenvalue weighted by Crippen LogP contribution is -2.13. The van der Waals surface area contributed by atoms with Crippen LogP contribution in [0.1, 0.15) is 24.7 Å². The third-order valence-corrected chi connectivity index (χ3v) is 2.85. The fraction of sp³-hybridized carbons (Fsp3) is 0.400. The first-order valence-corrected chi connectivity index (χ1v) is 6.73. The van der Waals surface area contributed by atoms with Gasteiger partial charge >= 0.3 is 0 Å². The standard InChI is InChI=1S/C15H20N2O3/c1-3-7-16-10-12-4-5-14(18-2)15(9-12)19-11-13-6-8-17-20-13/h4-6,8-9,16H,3,7,10-11H2,1-2H3. The number of benzene rings is 1. The molecular formula is C15H20N2O3. The highest BCUT2D eigenvalue weighted by molar-refractivity contribution is 5.43. The zero-order valence-corrected chi connectivity index (χ0v) is 11.9. The predicted octanol–water partition coefficient (Wildman–Crippen LogP) is 2.76. The van der Waals surface area contributed by atoms with Crippen molar-refractivity contribution in [3.8, 4) is 11.5 Å². The second kappa shape index (κ2) is 7.55. The van der Waals surface area contributed by atoms with Crippen LogP contribution in [0.3, 0.4) is 0 Å². The summed E-state index contributed by atoms with van der Waals surface area (Å²) in [4.78, 5) is 0. The smallest absolute Gasteiger partial charge is 0.174 e. The van der Waals surface area contributed by atoms with Crippen molar-refractivity contribution in [3.05, 3.63) is 41.8 Å². The fourth-order valence-corrected chi connectivity index (χ4v) is 1.82. The number of rotatable bonds is 8. The SMILES string of the molecule is CCCNCc1ccc(OC)c(OCc2ccno2)c1. The zero-order valence-electron chi connectivity index (χ0n) is 11.9. The summed E-state index contributed by atoms with van der Waals surface area (Å²) >= 11 is 0. The largest absolute Gasteiger partial charge is 0.493 e. The third kappa shape index (κ3) is 3.99. The van der Waals surface area contributed by atoms with Crippen LogP contribution in [0, 0.1) is 0 Å². The van der Waals surface area contributed by atoms with Crippen molar-refractivity contribution in [3.63, 3.8) is 0 Å². The van der Waals surface area contributed by atoms with E-state index in [1.54, 1.807) is 19.4 Å². The lowest BCUT2D eigenvalue weighted by molar-refractivity contribution is 0.239. The molecule has 0 spiro atoms. The van der Waals surface area contributed by atoms with Gasteiger partial charge in [-0.2, -0.15) is 0 Å². The van der Waals surface area contributed by atoms with Gasteiger partial charge in [0.05, 0.1) is 13.3 Å². The van der Waals surface area contributed by atoms with Crippen LogP contribution in [0.25, 0.3) is 0 Å². The van der Waals surface area contributed by atoms with E-state index in [2.05, 4.69) is 17.4 Å². The summed E-state index contributed by atoms with van der Waals surface area (Å²) in [6.07, 6.45) is 2.71. The van der Waals surface area contributed by atoms with Crippen LogP contribution >= 0.6 is 0 Å². The molecule has 0 bridgehead atoms. The monoisotopic (exact) mass is 276 g/mol. The maximum Gasteiger partial charge on any atom is 0.174 e. The van der Waals surface area contributed by atoms with Crippen LogP contribution in [0.4, 0.5) is 0 Å². The summed E-state index contributed by atoms with van der Waals surface area (Å²) in [5.41, 5.74) is 1.16. The summed E-state index contributed by atoms with van der Waals surface area (Å²) in [5.74, 6) is 2.10. The molecule has 0 saturated heterocycles. The fourth-order valence-electron chi connectivity index (χ4n) is 1.82. The minimum absolute atomic E-state index is 0.336. The minimum atomic E-state index is 0.336. The van der Waals surface area contributed by atoms with Crippen LogP contribution in [-0.4, -0.2) is 18.8 Å². The molecule has 0 amide bonds. The highest BCUT2D eigenvalue weighted by Crippen LogP contribution is 2.28. The highest BCUT2D eigenvalue weighted by Gasteiger charge is 2.07. The zero-order chi connectivity index (χ0) is 14.2. The Bertz CT molecular complexity index is 512. The molecule has 0 saturated carbocycles. The van der Waals surface area contributed by atoms with Crippen molar-refractivity contribution in [2.24, 2.45) is 0 Å². The number of nitrogens with one attached hydrogen (secondary N) is 1. The second-order valence-electron chi connectivity index (χ2n) is 4.43. The van der Waals surface area contributed by atoms with Gasteiger partial charge in [-0.15, -0.1) is 0 Å². The highest BCUT2D eigenvalue weighted by atomic mass is 16.5. The maximum absolute atomic E-state index is 5.73. The first-order valence-electron chi connectivity index (χ1n) is 6.73. The number of nitrogens with zero attached hydrogens (tertiary/aromatic N) is 1. The summed E-state index contributed by atoms with van der Waals surface area (Å²) in [6, 6.07) is 7.71. The summed E-state index contributed by atoms with van der Waals surface area (Å²) in [7, 11) is 1.63. The van der Waals surface area contributed by atoms with Gasteiger partial charge in [-0.1, -0.05) is 18.1 Å². The third-order valence-electron chi connectivity index (χ3n) is 2.85. The number of hydrogen-bond acceptors (Lipinski definition) is 5. The van der Waals surface area contributed by atoms with E-state index in [1.165, 1.54) is 0 Å². The predicted molar refractivity (Wildman–Crippen MR) is 75.8 cm³/mol. The van der Waals surface area contributed by atoms with Gasteiger partial charge in [0.15, 0.2) is 17.3 Å². The van der Waals surface area contributed by atoms with E-state index in [9.17, 15) is 0 Å². The van der Waals surface area contributed by atoms with Crippen molar-refractivity contribution in [1.82, 2.24) is 10.5 Å². The van der Waals surface area contributed by atoms with Gasteiger partial charge in [0, 0.05) is 12.6 Å². The van der Waals surface area contributed by atoms with Gasteiger partial charge in [-0.25, -0.2) is 0 Å². The maximum atomic E-state index is 5.73. The molecule has 108 valence electrons. The molecule has 0 fully saturated rings. The minimum Gasteiger partial charge on any atom is -0.493 e. The molecule has 0 atom stereocenters. The quantitative estimate of drug-likeness (QED) is 0.751. The Hall–Kier alpha value is -2.01. The lowest BCUT2D eigenvalue weighted by atomic mass is 10.2. The van der Waals surface area contributed by atoms with E-state index in [4.69, 9.17) is 14.0 Å². The van der Waals surface area contributed by atoms with Crippen molar-refractivity contribution in [1.29, 1.82) is 0 Å². The molecule has 5 heteroatoms. The van der Waals surface area contributed by atoms with Gasteiger partial charge in [-0.3, -0.25) is 0 Å². The Balaban J connectivity index is 2.02. The van der Waals surface area contributed by atoms with Crippen molar-refractivity contribution >= 4 is 0 Å². The first-order chi connectivity index (χ1) is 9.83. The molecule has 0 unspecified atom stereocenters. The van der Waals surface area contributed by atoms with Crippen LogP contribution in [0.5, 0.6) is 11.5 Å². The first kappa shape index (κ1) is 14.4. The van der Waals surface area contributed by atoms with Gasteiger partial charge in [0.2, 0.25) is 0 Å². The van der Waals surface area contributed by atoms with Crippen LogP contribution in [0.2, 0.25) is 0 Å². The molecule has 5 nitrogen and oxygen atoms in total. The molecule has 0 radical (unpaired) electrons. The Labute approximate surface area is 118 Å². The number of aromatic nitrogens is 1. The molecule has 2 aromatic rings. The van der Waals surface area contributed by atoms with Gasteiger partial charge < -0.3 is 19.3 Å². The van der Waals surface area contributed by atoms with Crippen LogP contribution in [-0.2, 0) is 13.2 Å². The summed E-state index contributed by atoms with van der Waals surface area (Å²) in [5, 5.41) is 7.01. The summed E-state index contributed by atoms with van der Waals surface area (Å²) < 4.78 is 16.0. The average molecular weight is 276 g/mol. The molecule has 20 heavy (non-hydrogen) atoms. The number of methoxy groups -OCH3 is 1. The molecule has 0 aliphatic carbocycles. The Kier molecular flexibility index (Phi) is 5.43. The topological polar surface area (TPSA) is 56.5 Å². The molecule has 0 aliphatic heterocycles. The van der Waals surface area contributed by atoms with Crippen molar-refractivity contribution in [2.75, 3.05) is 13.7 Å². The summed E-state index contributed by atoms with van der Waals surface area (Å²) in [6.45, 7) is 4.30. The van der Waals surface area contributed by atoms with E-state index in [0.29, 0.717) is 23.9 Å². The second-order valence-corrected chi connectivity index (χ2v) is 4.43. The average Bonchev–Trinajstić information content (AvgIpc) is 2.99. The number of hydrogen-bond donors (Lipinski definition) is 1. The van der Waals surface area contributed by atoms with E-state index in [-0.39, 0.29) is 0 Å². The number of ether oxygens (including phenoxy) is 2. The molecule has 0 aliphatic rings. The van der Waals surface area contributed by atoms with E-state index < -0.39 is 0 Å². The van der Waals surface area contributed by atoms with Crippen LogP contribution < -0.4 is 14.8 Å². The van der Waals surface area contributed by atoms with Crippen LogP contribution in [0.15, 0.2) is 35.0 Å². The molecule has 1 N–H and O–H groups in total. The lowest BCUT2D eigenvalue weighted by Gasteiger charge is -2.11. The molecule has 1 aromatic heterocycles. The van der Waals surface area contributed by atoms with Gasteiger partial charge in [-0.05, 0) is 30.7 Å². The Morgan fingerprint density at radius 3 is 2.85 bits per heavy atom. The molecular weight excluding hydrogens is 256 g/mol. The molecule has 1 aromatic carbocycles. The van der Waals surface area contributed by atoms with Gasteiger partial charge in [0.25, 0.3) is 0 Å².